The Kier molecular flexibility index (Phi) is 6.55. The van der Waals surface area contributed by atoms with Crippen LogP contribution in [-0.4, -0.2) is 35.3 Å². The number of likely N-dealkylation sites (N-methyl/N-ethyl adjacent to an activating group) is 1. The fourth-order valence-corrected chi connectivity index (χ4v) is 4.35. The average molecular weight is 419 g/mol. The molecule has 0 saturated carbocycles. The van der Waals surface area contributed by atoms with Gasteiger partial charge in [-0.2, -0.15) is 0 Å². The average Bonchev–Trinajstić information content (AvgIpc) is 2.98. The van der Waals surface area contributed by atoms with E-state index in [1.165, 1.54) is 5.69 Å². The van der Waals surface area contributed by atoms with Gasteiger partial charge in [0, 0.05) is 42.5 Å². The van der Waals surface area contributed by atoms with Gasteiger partial charge < -0.3 is 10.2 Å². The second-order valence-electron chi connectivity index (χ2n) is 8.03. The predicted octanol–water partition coefficient (Wildman–Crippen LogP) is 3.30. The molecule has 1 aromatic heterocycles. The summed E-state index contributed by atoms with van der Waals surface area (Å²) in [5.41, 5.74) is 3.80. The lowest BCUT2D eigenvalue weighted by Crippen LogP contribution is -2.38. The monoisotopic (exact) mass is 418 g/mol. The number of aromatic nitrogens is 2. The Bertz CT molecular complexity index is 1060. The lowest BCUT2D eigenvalue weighted by Gasteiger charge is -2.24. The summed E-state index contributed by atoms with van der Waals surface area (Å²) in [6.45, 7) is 4.41. The van der Waals surface area contributed by atoms with E-state index in [4.69, 9.17) is 0 Å². The smallest absolute Gasteiger partial charge is 0.274 e. The molecule has 1 aliphatic rings. The number of carbonyl (C=O) groups is 1. The first kappa shape index (κ1) is 21.0. The van der Waals surface area contributed by atoms with Crippen molar-refractivity contribution < 1.29 is 4.79 Å². The third-order valence-corrected chi connectivity index (χ3v) is 6.13. The van der Waals surface area contributed by atoms with Gasteiger partial charge in [0.2, 0.25) is 5.91 Å². The zero-order valence-corrected chi connectivity index (χ0v) is 18.0. The summed E-state index contributed by atoms with van der Waals surface area (Å²) < 4.78 is 1.62. The topological polar surface area (TPSA) is 70.1 Å². The van der Waals surface area contributed by atoms with Crippen LogP contribution in [0.2, 0.25) is 0 Å². The zero-order valence-electron chi connectivity index (χ0n) is 18.0. The van der Waals surface area contributed by atoms with Crippen molar-refractivity contribution >= 4 is 11.6 Å². The van der Waals surface area contributed by atoms with Gasteiger partial charge in [-0.05, 0) is 56.9 Å². The van der Waals surface area contributed by atoms with Gasteiger partial charge in [0.15, 0.2) is 0 Å². The minimum atomic E-state index is -0.0582. The van der Waals surface area contributed by atoms with Crippen LogP contribution in [0.15, 0.2) is 65.5 Å². The number of nitrogens with one attached hydrogen (secondary N) is 2. The van der Waals surface area contributed by atoms with Crippen LogP contribution in [0.1, 0.15) is 31.0 Å². The van der Waals surface area contributed by atoms with E-state index in [2.05, 4.69) is 34.4 Å². The quantitative estimate of drug-likeness (QED) is 0.579. The molecule has 0 saturated heterocycles. The first-order chi connectivity index (χ1) is 15.2. The second kappa shape index (κ2) is 9.69. The van der Waals surface area contributed by atoms with Crippen molar-refractivity contribution in [2.75, 3.05) is 24.5 Å². The molecule has 31 heavy (non-hydrogen) atoms. The molecule has 3 aromatic rings. The fourth-order valence-electron chi connectivity index (χ4n) is 4.35. The Morgan fingerprint density at radius 2 is 1.74 bits per heavy atom. The zero-order chi connectivity index (χ0) is 21.6. The summed E-state index contributed by atoms with van der Waals surface area (Å²) in [6.07, 6.45) is 2.81. The van der Waals surface area contributed by atoms with Crippen LogP contribution in [-0.2, 0) is 17.6 Å². The van der Waals surface area contributed by atoms with Crippen LogP contribution in [0, 0.1) is 5.92 Å². The van der Waals surface area contributed by atoms with E-state index in [1.54, 1.807) is 4.68 Å². The molecule has 6 nitrogen and oxygen atoms in total. The Balaban J connectivity index is 1.33. The molecule has 1 heterocycles. The summed E-state index contributed by atoms with van der Waals surface area (Å²) in [6, 6.07) is 19.9. The number of anilines is 1. The van der Waals surface area contributed by atoms with E-state index in [-0.39, 0.29) is 17.4 Å². The predicted molar refractivity (Wildman–Crippen MR) is 124 cm³/mol. The maximum atomic E-state index is 12.9. The number of aromatic amines is 1. The molecule has 1 amide bonds. The van der Waals surface area contributed by atoms with E-state index in [9.17, 15) is 9.59 Å². The minimum absolute atomic E-state index is 0.00343. The fraction of sp³-hybridized carbons (Fsp3) is 0.360. The van der Waals surface area contributed by atoms with Crippen LogP contribution in [0.25, 0.3) is 5.69 Å². The third-order valence-electron chi connectivity index (χ3n) is 6.13. The molecule has 2 N–H and O–H groups in total. The molecule has 0 aliphatic heterocycles. The van der Waals surface area contributed by atoms with E-state index in [0.29, 0.717) is 25.8 Å². The van der Waals surface area contributed by atoms with Crippen LogP contribution >= 0.6 is 0 Å². The number of hydrogen-bond donors (Lipinski definition) is 2. The number of nitrogens with zero attached hydrogens (tertiary/aromatic N) is 2. The summed E-state index contributed by atoms with van der Waals surface area (Å²) >= 11 is 0. The van der Waals surface area contributed by atoms with Gasteiger partial charge >= 0.3 is 0 Å². The van der Waals surface area contributed by atoms with Crippen LogP contribution in [0.4, 0.5) is 5.69 Å². The molecule has 1 aliphatic carbocycles. The number of benzene rings is 2. The van der Waals surface area contributed by atoms with Crippen molar-refractivity contribution in [1.82, 2.24) is 15.1 Å². The molecule has 0 spiro atoms. The number of para-hydroxylation sites is 2. The van der Waals surface area contributed by atoms with Gasteiger partial charge in [-0.15, -0.1) is 0 Å². The summed E-state index contributed by atoms with van der Waals surface area (Å²) in [5.74, 6) is 0.0369. The number of hydrogen-bond acceptors (Lipinski definition) is 3. The normalized spacial score (nSPS) is 15.7. The lowest BCUT2D eigenvalue weighted by atomic mass is 9.99. The molecule has 2 aromatic carbocycles. The molecule has 0 fully saturated rings. The molecule has 6 heteroatoms. The van der Waals surface area contributed by atoms with E-state index < -0.39 is 0 Å². The van der Waals surface area contributed by atoms with Crippen molar-refractivity contribution in [3.05, 3.63) is 82.3 Å². The largest absolute Gasteiger partial charge is 0.370 e. The maximum Gasteiger partial charge on any atom is 0.274 e. The standard InChI is InChI=1S/C25H30N4O2/c1-2-28(20-9-5-3-6-10-20)18-17-26-24(30)19-13-15-22-23(16-14-19)27-29(25(22)31)21-11-7-4-8-12-21/h3-12,19,27H,2,13-18H2,1H3,(H,26,30). The van der Waals surface area contributed by atoms with Gasteiger partial charge in [0.25, 0.3) is 5.56 Å². The van der Waals surface area contributed by atoms with Gasteiger partial charge in [0.1, 0.15) is 0 Å². The SMILES string of the molecule is CCN(CCNC(=O)C1CCc2[nH]n(-c3ccccc3)c(=O)c2CC1)c1ccccc1. The van der Waals surface area contributed by atoms with Crippen molar-refractivity contribution in [3.8, 4) is 5.69 Å². The molecule has 0 radical (unpaired) electrons. The van der Waals surface area contributed by atoms with Crippen molar-refractivity contribution in [3.63, 3.8) is 0 Å². The number of H-pyrrole nitrogens is 1. The maximum absolute atomic E-state index is 12.9. The highest BCUT2D eigenvalue weighted by atomic mass is 16.2. The van der Waals surface area contributed by atoms with Crippen molar-refractivity contribution in [1.29, 1.82) is 0 Å². The summed E-state index contributed by atoms with van der Waals surface area (Å²) in [7, 11) is 0. The van der Waals surface area contributed by atoms with E-state index in [0.717, 1.165) is 36.5 Å². The van der Waals surface area contributed by atoms with E-state index >= 15 is 0 Å². The number of fused-ring (bicyclic) bond motifs is 1. The highest BCUT2D eigenvalue weighted by Crippen LogP contribution is 2.23. The second-order valence-corrected chi connectivity index (χ2v) is 8.03. The third kappa shape index (κ3) is 4.74. The Hall–Kier alpha value is -3.28. The summed E-state index contributed by atoms with van der Waals surface area (Å²) in [5, 5.41) is 6.38. The van der Waals surface area contributed by atoms with Crippen molar-refractivity contribution in [2.45, 2.75) is 32.6 Å². The Morgan fingerprint density at radius 3 is 2.45 bits per heavy atom. The minimum Gasteiger partial charge on any atom is -0.370 e. The Morgan fingerprint density at radius 1 is 1.06 bits per heavy atom. The molecule has 1 atom stereocenters. The summed E-state index contributed by atoms with van der Waals surface area (Å²) in [4.78, 5) is 27.9. The van der Waals surface area contributed by atoms with Gasteiger partial charge in [-0.25, -0.2) is 4.68 Å². The molecule has 0 bridgehead atoms. The van der Waals surface area contributed by atoms with Gasteiger partial charge in [0.05, 0.1) is 5.69 Å². The lowest BCUT2D eigenvalue weighted by molar-refractivity contribution is -0.125. The first-order valence-corrected chi connectivity index (χ1v) is 11.1. The number of amides is 1. The molecule has 4 rings (SSSR count). The molecular formula is C25H30N4O2. The molecule has 162 valence electrons. The number of carbonyl (C=O) groups excluding carboxylic acids is 1. The highest BCUT2D eigenvalue weighted by molar-refractivity contribution is 5.78. The van der Waals surface area contributed by atoms with Crippen molar-refractivity contribution in [2.24, 2.45) is 5.92 Å². The highest BCUT2D eigenvalue weighted by Gasteiger charge is 2.26. The molecule has 1 unspecified atom stereocenters. The van der Waals surface area contributed by atoms with Gasteiger partial charge in [-0.3, -0.25) is 14.7 Å². The number of rotatable bonds is 7. The first-order valence-electron chi connectivity index (χ1n) is 11.1. The van der Waals surface area contributed by atoms with Crippen LogP contribution in [0.5, 0.6) is 0 Å². The van der Waals surface area contributed by atoms with Crippen LogP contribution in [0.3, 0.4) is 0 Å². The van der Waals surface area contributed by atoms with Crippen LogP contribution < -0.4 is 15.8 Å². The van der Waals surface area contributed by atoms with E-state index in [1.807, 2.05) is 48.5 Å². The molecular weight excluding hydrogens is 388 g/mol. The van der Waals surface area contributed by atoms with Gasteiger partial charge in [-0.1, -0.05) is 36.4 Å². The number of aryl methyl sites for hydroxylation is 1. The Labute approximate surface area is 182 Å².